The molecule has 1 amide bonds. The Hall–Kier alpha value is -2.56. The topological polar surface area (TPSA) is 68.5 Å². The van der Waals surface area contributed by atoms with Gasteiger partial charge in [-0.3, -0.25) is 4.79 Å². The van der Waals surface area contributed by atoms with Crippen molar-refractivity contribution in [3.8, 4) is 0 Å². The van der Waals surface area contributed by atoms with Crippen LogP contribution in [0.4, 0.5) is 0 Å². The SMILES string of the molecule is CC[C@H](OC(=O)c1ccco1)C(=O)NCc1ccc(C)cc1. The molecular formula is C17H19NO4. The molecule has 0 spiro atoms. The van der Waals surface area contributed by atoms with Crippen molar-refractivity contribution in [2.75, 3.05) is 0 Å². The highest BCUT2D eigenvalue weighted by molar-refractivity contribution is 5.90. The van der Waals surface area contributed by atoms with Crippen molar-refractivity contribution in [2.24, 2.45) is 0 Å². The van der Waals surface area contributed by atoms with Crippen molar-refractivity contribution >= 4 is 11.9 Å². The van der Waals surface area contributed by atoms with Crippen molar-refractivity contribution in [1.29, 1.82) is 0 Å². The largest absolute Gasteiger partial charge is 0.457 e. The van der Waals surface area contributed by atoms with Crippen molar-refractivity contribution < 1.29 is 18.7 Å². The smallest absolute Gasteiger partial charge is 0.374 e. The van der Waals surface area contributed by atoms with Gasteiger partial charge >= 0.3 is 5.97 Å². The quantitative estimate of drug-likeness (QED) is 0.833. The predicted molar refractivity (Wildman–Crippen MR) is 81.2 cm³/mol. The van der Waals surface area contributed by atoms with E-state index in [1.807, 2.05) is 31.2 Å². The van der Waals surface area contributed by atoms with E-state index >= 15 is 0 Å². The van der Waals surface area contributed by atoms with E-state index in [2.05, 4.69) is 5.32 Å². The van der Waals surface area contributed by atoms with Gasteiger partial charge in [0.15, 0.2) is 6.10 Å². The molecule has 1 aromatic carbocycles. The number of carbonyl (C=O) groups excluding carboxylic acids is 2. The molecule has 0 aliphatic rings. The van der Waals surface area contributed by atoms with Gasteiger partial charge in [0.1, 0.15) is 0 Å². The van der Waals surface area contributed by atoms with Crippen LogP contribution in [0.15, 0.2) is 47.1 Å². The number of benzene rings is 1. The minimum absolute atomic E-state index is 0.0878. The van der Waals surface area contributed by atoms with Crippen LogP contribution in [0.25, 0.3) is 0 Å². The molecule has 0 saturated heterocycles. The number of esters is 1. The number of hydrogen-bond acceptors (Lipinski definition) is 4. The second kappa shape index (κ2) is 7.45. The van der Waals surface area contributed by atoms with Crippen LogP contribution in [0, 0.1) is 6.92 Å². The van der Waals surface area contributed by atoms with Gasteiger partial charge in [-0.15, -0.1) is 0 Å². The van der Waals surface area contributed by atoms with E-state index < -0.39 is 12.1 Å². The fraction of sp³-hybridized carbons (Fsp3) is 0.294. The Morgan fingerprint density at radius 1 is 1.23 bits per heavy atom. The maximum Gasteiger partial charge on any atom is 0.374 e. The first kappa shape index (κ1) is 15.8. The summed E-state index contributed by atoms with van der Waals surface area (Å²) < 4.78 is 10.1. The predicted octanol–water partition coefficient (Wildman–Crippen LogP) is 2.84. The number of hydrogen-bond donors (Lipinski definition) is 1. The van der Waals surface area contributed by atoms with Gasteiger partial charge in [0.05, 0.1) is 6.26 Å². The molecule has 2 aromatic rings. The first-order valence-electron chi connectivity index (χ1n) is 7.18. The molecule has 1 aromatic heterocycles. The second-order valence-corrected chi connectivity index (χ2v) is 4.98. The third-order valence-corrected chi connectivity index (χ3v) is 3.22. The lowest BCUT2D eigenvalue weighted by Gasteiger charge is -2.15. The zero-order chi connectivity index (χ0) is 15.9. The number of ether oxygens (including phenoxy) is 1. The summed E-state index contributed by atoms with van der Waals surface area (Å²) in [5, 5.41) is 2.77. The lowest BCUT2D eigenvalue weighted by molar-refractivity contribution is -0.130. The summed E-state index contributed by atoms with van der Waals surface area (Å²) >= 11 is 0. The molecule has 0 aliphatic carbocycles. The third kappa shape index (κ3) is 4.22. The minimum Gasteiger partial charge on any atom is -0.457 e. The van der Waals surface area contributed by atoms with Crippen LogP contribution < -0.4 is 5.32 Å². The van der Waals surface area contributed by atoms with E-state index in [1.165, 1.54) is 12.3 Å². The van der Waals surface area contributed by atoms with Gasteiger partial charge in [0.25, 0.3) is 5.91 Å². The normalized spacial score (nSPS) is 11.7. The molecule has 1 N–H and O–H groups in total. The van der Waals surface area contributed by atoms with Crippen molar-refractivity contribution in [3.05, 3.63) is 59.5 Å². The number of amides is 1. The van der Waals surface area contributed by atoms with E-state index in [-0.39, 0.29) is 11.7 Å². The number of rotatable bonds is 6. The van der Waals surface area contributed by atoms with E-state index in [1.54, 1.807) is 13.0 Å². The van der Waals surface area contributed by atoms with Gasteiger partial charge < -0.3 is 14.5 Å². The van der Waals surface area contributed by atoms with Gasteiger partial charge in [-0.1, -0.05) is 36.8 Å². The molecule has 5 heteroatoms. The lowest BCUT2D eigenvalue weighted by atomic mass is 10.1. The molecule has 1 heterocycles. The van der Waals surface area contributed by atoms with E-state index in [0.717, 1.165) is 11.1 Å². The van der Waals surface area contributed by atoms with Crippen molar-refractivity contribution in [1.82, 2.24) is 5.32 Å². The Morgan fingerprint density at radius 2 is 1.95 bits per heavy atom. The molecule has 22 heavy (non-hydrogen) atoms. The average Bonchev–Trinajstić information content (AvgIpc) is 3.06. The summed E-state index contributed by atoms with van der Waals surface area (Å²) in [6.45, 7) is 4.18. The summed E-state index contributed by atoms with van der Waals surface area (Å²) in [5.74, 6) is -0.866. The van der Waals surface area contributed by atoms with Crippen LogP contribution in [-0.2, 0) is 16.1 Å². The van der Waals surface area contributed by atoms with Crippen LogP contribution in [0.5, 0.6) is 0 Å². The zero-order valence-electron chi connectivity index (χ0n) is 12.7. The molecule has 0 aliphatic heterocycles. The fourth-order valence-corrected chi connectivity index (χ4v) is 1.91. The van der Waals surface area contributed by atoms with Gasteiger partial charge in [-0.2, -0.15) is 0 Å². The van der Waals surface area contributed by atoms with Crippen molar-refractivity contribution in [3.63, 3.8) is 0 Å². The summed E-state index contributed by atoms with van der Waals surface area (Å²) in [6, 6.07) is 11.0. The highest BCUT2D eigenvalue weighted by atomic mass is 16.6. The van der Waals surface area contributed by atoms with Crippen molar-refractivity contribution in [2.45, 2.75) is 32.9 Å². The molecule has 0 unspecified atom stereocenters. The second-order valence-electron chi connectivity index (χ2n) is 4.98. The maximum atomic E-state index is 12.1. The van der Waals surface area contributed by atoms with Crippen LogP contribution >= 0.6 is 0 Å². The van der Waals surface area contributed by atoms with Gasteiger partial charge in [-0.25, -0.2) is 4.79 Å². The molecule has 0 fully saturated rings. The Bertz CT molecular complexity index is 617. The number of aryl methyl sites for hydroxylation is 1. The highest BCUT2D eigenvalue weighted by Gasteiger charge is 2.22. The van der Waals surface area contributed by atoms with Gasteiger partial charge in [-0.05, 0) is 31.0 Å². The monoisotopic (exact) mass is 301 g/mol. The first-order valence-corrected chi connectivity index (χ1v) is 7.18. The molecule has 116 valence electrons. The number of furan rings is 1. The Morgan fingerprint density at radius 3 is 2.55 bits per heavy atom. The summed E-state index contributed by atoms with van der Waals surface area (Å²) in [6.07, 6.45) is 0.948. The molecule has 1 atom stereocenters. The molecule has 0 saturated carbocycles. The Labute approximate surface area is 129 Å². The third-order valence-electron chi connectivity index (χ3n) is 3.22. The Balaban J connectivity index is 1.88. The lowest BCUT2D eigenvalue weighted by Crippen LogP contribution is -2.37. The van der Waals surface area contributed by atoms with E-state index in [4.69, 9.17) is 9.15 Å². The molecule has 2 rings (SSSR count). The van der Waals surface area contributed by atoms with Crippen LogP contribution in [0.1, 0.15) is 35.0 Å². The standard InChI is InChI=1S/C17H19NO4/c1-3-14(22-17(20)15-5-4-10-21-15)16(19)18-11-13-8-6-12(2)7-9-13/h4-10,14H,3,11H2,1-2H3,(H,18,19)/t14-/m0/s1. The highest BCUT2D eigenvalue weighted by Crippen LogP contribution is 2.08. The van der Waals surface area contributed by atoms with E-state index in [0.29, 0.717) is 13.0 Å². The molecular weight excluding hydrogens is 282 g/mol. The first-order chi connectivity index (χ1) is 10.6. The van der Waals surface area contributed by atoms with Crippen LogP contribution in [-0.4, -0.2) is 18.0 Å². The number of carbonyl (C=O) groups is 2. The fourth-order valence-electron chi connectivity index (χ4n) is 1.91. The molecule has 0 bridgehead atoms. The summed E-state index contributed by atoms with van der Waals surface area (Å²) in [4.78, 5) is 23.9. The summed E-state index contributed by atoms with van der Waals surface area (Å²) in [5.41, 5.74) is 2.15. The number of nitrogens with one attached hydrogen (secondary N) is 1. The van der Waals surface area contributed by atoms with Crippen LogP contribution in [0.2, 0.25) is 0 Å². The molecule has 0 radical (unpaired) electrons. The summed E-state index contributed by atoms with van der Waals surface area (Å²) in [7, 11) is 0. The Kier molecular flexibility index (Phi) is 5.36. The average molecular weight is 301 g/mol. The van der Waals surface area contributed by atoms with Crippen LogP contribution in [0.3, 0.4) is 0 Å². The van der Waals surface area contributed by atoms with Gasteiger partial charge in [0.2, 0.25) is 5.76 Å². The minimum atomic E-state index is -0.831. The van der Waals surface area contributed by atoms with E-state index in [9.17, 15) is 9.59 Å². The van der Waals surface area contributed by atoms with Gasteiger partial charge in [0, 0.05) is 6.54 Å². The molecule has 5 nitrogen and oxygen atoms in total. The zero-order valence-corrected chi connectivity index (χ0v) is 12.7. The maximum absolute atomic E-state index is 12.1.